The third-order valence-corrected chi connectivity index (χ3v) is 1.93. The van der Waals surface area contributed by atoms with Crippen LogP contribution in [0.25, 0.3) is 0 Å². The van der Waals surface area contributed by atoms with Gasteiger partial charge in [-0.1, -0.05) is 0 Å². The molecule has 16 heavy (non-hydrogen) atoms. The summed E-state index contributed by atoms with van der Waals surface area (Å²) in [6.45, 7) is 0.190. The number of hydrogen-bond donors (Lipinski definition) is 2. The normalized spacial score (nSPS) is 10.4. The van der Waals surface area contributed by atoms with E-state index in [2.05, 4.69) is 4.99 Å². The van der Waals surface area contributed by atoms with Crippen LogP contribution in [0.2, 0.25) is 0 Å². The summed E-state index contributed by atoms with van der Waals surface area (Å²) < 4.78 is 10.3. The molecule has 0 heterocycles. The van der Waals surface area contributed by atoms with Gasteiger partial charge in [-0.3, -0.25) is 10.4 Å². The van der Waals surface area contributed by atoms with E-state index in [1.54, 1.807) is 26.5 Å². The third kappa shape index (κ3) is 3.27. The molecular formula is C11H15N3O2. The van der Waals surface area contributed by atoms with Crippen molar-refractivity contribution in [1.82, 2.24) is 0 Å². The highest BCUT2D eigenvalue weighted by molar-refractivity contribution is 5.87. The number of hydrogen-bond acceptors (Lipinski definition) is 4. The molecule has 5 nitrogen and oxygen atoms in total. The van der Waals surface area contributed by atoms with Crippen LogP contribution in [0.5, 0.6) is 11.5 Å². The van der Waals surface area contributed by atoms with Crippen molar-refractivity contribution in [3.63, 3.8) is 0 Å². The number of nitrogens with zero attached hydrogens (tertiary/aromatic N) is 1. The first-order valence-corrected chi connectivity index (χ1v) is 4.72. The summed E-state index contributed by atoms with van der Waals surface area (Å²) >= 11 is 0. The van der Waals surface area contributed by atoms with Crippen molar-refractivity contribution < 1.29 is 9.47 Å². The van der Waals surface area contributed by atoms with Crippen LogP contribution >= 0.6 is 0 Å². The molecule has 1 aromatic carbocycles. The summed E-state index contributed by atoms with van der Waals surface area (Å²) in [5.41, 5.74) is 6.01. The standard InChI is InChI=1S/C11H15N3O2/c1-15-9-4-3-8(10(5-9)16-2)6-14-7-11(12)13/h3-6H,7H2,1-2H3,(H3,12,13). The molecular weight excluding hydrogens is 206 g/mol. The minimum atomic E-state index is 0.0312. The highest BCUT2D eigenvalue weighted by atomic mass is 16.5. The highest BCUT2D eigenvalue weighted by Crippen LogP contribution is 2.22. The molecule has 0 atom stereocenters. The molecule has 0 saturated heterocycles. The smallest absolute Gasteiger partial charge is 0.131 e. The average Bonchev–Trinajstić information content (AvgIpc) is 2.29. The average molecular weight is 221 g/mol. The molecule has 0 unspecified atom stereocenters. The van der Waals surface area contributed by atoms with Crippen molar-refractivity contribution in [3.05, 3.63) is 23.8 Å². The second-order valence-electron chi connectivity index (χ2n) is 3.10. The van der Waals surface area contributed by atoms with Crippen molar-refractivity contribution >= 4 is 12.1 Å². The molecule has 86 valence electrons. The van der Waals surface area contributed by atoms with Crippen LogP contribution in [-0.4, -0.2) is 32.8 Å². The number of nitrogens with two attached hydrogens (primary N) is 1. The van der Waals surface area contributed by atoms with E-state index in [1.807, 2.05) is 12.1 Å². The predicted molar refractivity (Wildman–Crippen MR) is 63.9 cm³/mol. The summed E-state index contributed by atoms with van der Waals surface area (Å²) in [7, 11) is 3.18. The molecule has 5 heteroatoms. The Hall–Kier alpha value is -2.04. The van der Waals surface area contributed by atoms with Crippen LogP contribution < -0.4 is 15.2 Å². The maximum absolute atomic E-state index is 7.04. The summed E-state index contributed by atoms with van der Waals surface area (Å²) in [5.74, 6) is 1.43. The van der Waals surface area contributed by atoms with Gasteiger partial charge in [0.1, 0.15) is 17.3 Å². The fourth-order valence-electron chi connectivity index (χ4n) is 1.17. The topological polar surface area (TPSA) is 80.7 Å². The number of rotatable bonds is 5. The maximum atomic E-state index is 7.04. The number of ether oxygens (including phenoxy) is 2. The van der Waals surface area contributed by atoms with Crippen molar-refractivity contribution in [2.24, 2.45) is 10.7 Å². The van der Waals surface area contributed by atoms with E-state index < -0.39 is 0 Å². The summed E-state index contributed by atoms with van der Waals surface area (Å²) in [6, 6.07) is 5.42. The zero-order chi connectivity index (χ0) is 12.0. The molecule has 1 rings (SSSR count). The second kappa shape index (κ2) is 5.75. The zero-order valence-electron chi connectivity index (χ0n) is 9.36. The fraction of sp³-hybridized carbons (Fsp3) is 0.273. The molecule has 0 aliphatic heterocycles. The number of amidine groups is 1. The fourth-order valence-corrected chi connectivity index (χ4v) is 1.17. The lowest BCUT2D eigenvalue weighted by Gasteiger charge is -2.06. The lowest BCUT2D eigenvalue weighted by atomic mass is 10.2. The van der Waals surface area contributed by atoms with E-state index >= 15 is 0 Å². The van der Waals surface area contributed by atoms with Crippen LogP contribution in [0.15, 0.2) is 23.2 Å². The zero-order valence-corrected chi connectivity index (χ0v) is 9.36. The van der Waals surface area contributed by atoms with Gasteiger partial charge in [0, 0.05) is 17.8 Å². The van der Waals surface area contributed by atoms with Gasteiger partial charge < -0.3 is 15.2 Å². The Morgan fingerprint density at radius 1 is 1.44 bits per heavy atom. The molecule has 0 amide bonds. The van der Waals surface area contributed by atoms with E-state index in [9.17, 15) is 0 Å². The summed E-state index contributed by atoms with van der Waals surface area (Å²) in [5, 5.41) is 7.04. The second-order valence-corrected chi connectivity index (χ2v) is 3.10. The van der Waals surface area contributed by atoms with Crippen LogP contribution in [0.3, 0.4) is 0 Å². The SMILES string of the molecule is COc1ccc(C=NCC(=N)N)c(OC)c1. The van der Waals surface area contributed by atoms with Gasteiger partial charge in [0.25, 0.3) is 0 Å². The van der Waals surface area contributed by atoms with Gasteiger partial charge in [0.15, 0.2) is 0 Å². The molecule has 0 spiro atoms. The quantitative estimate of drug-likeness (QED) is 0.576. The van der Waals surface area contributed by atoms with E-state index in [4.69, 9.17) is 20.6 Å². The van der Waals surface area contributed by atoms with Gasteiger partial charge in [-0.25, -0.2) is 0 Å². The first-order valence-electron chi connectivity index (χ1n) is 4.72. The number of aliphatic imine (C=N–C) groups is 1. The lowest BCUT2D eigenvalue weighted by Crippen LogP contribution is -2.13. The summed E-state index contributed by atoms with van der Waals surface area (Å²) in [4.78, 5) is 4.01. The van der Waals surface area contributed by atoms with Crippen LogP contribution in [-0.2, 0) is 0 Å². The number of methoxy groups -OCH3 is 2. The molecule has 0 saturated carbocycles. The van der Waals surface area contributed by atoms with Gasteiger partial charge in [-0.15, -0.1) is 0 Å². The molecule has 0 bridgehead atoms. The number of benzene rings is 1. The van der Waals surface area contributed by atoms with Crippen molar-refractivity contribution in [3.8, 4) is 11.5 Å². The first-order chi connectivity index (χ1) is 7.67. The maximum Gasteiger partial charge on any atom is 0.131 e. The molecule has 0 aliphatic carbocycles. The Morgan fingerprint density at radius 3 is 2.75 bits per heavy atom. The number of nitrogens with one attached hydrogen (secondary N) is 1. The van der Waals surface area contributed by atoms with Crippen LogP contribution in [0, 0.1) is 5.41 Å². The highest BCUT2D eigenvalue weighted by Gasteiger charge is 2.02. The monoisotopic (exact) mass is 221 g/mol. The van der Waals surface area contributed by atoms with Gasteiger partial charge >= 0.3 is 0 Å². The molecule has 0 aromatic heterocycles. The Kier molecular flexibility index (Phi) is 4.32. The van der Waals surface area contributed by atoms with Gasteiger partial charge in [-0.2, -0.15) is 0 Å². The van der Waals surface area contributed by atoms with Crippen molar-refractivity contribution in [1.29, 1.82) is 5.41 Å². The van der Waals surface area contributed by atoms with Crippen molar-refractivity contribution in [2.45, 2.75) is 0 Å². The minimum absolute atomic E-state index is 0.0312. The Labute approximate surface area is 94.4 Å². The molecule has 1 aromatic rings. The van der Waals surface area contributed by atoms with Gasteiger partial charge in [-0.05, 0) is 12.1 Å². The Morgan fingerprint density at radius 2 is 2.19 bits per heavy atom. The Bertz CT molecular complexity index is 402. The van der Waals surface area contributed by atoms with Crippen LogP contribution in [0.4, 0.5) is 0 Å². The Balaban J connectivity index is 2.87. The lowest BCUT2D eigenvalue weighted by molar-refractivity contribution is 0.394. The van der Waals surface area contributed by atoms with Gasteiger partial charge in [0.2, 0.25) is 0 Å². The van der Waals surface area contributed by atoms with Crippen LogP contribution in [0.1, 0.15) is 5.56 Å². The predicted octanol–water partition coefficient (Wildman–Crippen LogP) is 1.06. The minimum Gasteiger partial charge on any atom is -0.497 e. The summed E-state index contributed by atoms with van der Waals surface area (Å²) in [6.07, 6.45) is 1.62. The van der Waals surface area contributed by atoms with Crippen molar-refractivity contribution in [2.75, 3.05) is 20.8 Å². The third-order valence-electron chi connectivity index (χ3n) is 1.93. The molecule has 3 N–H and O–H groups in total. The van der Waals surface area contributed by atoms with E-state index in [0.717, 1.165) is 11.3 Å². The molecule has 0 aliphatic rings. The van der Waals surface area contributed by atoms with Gasteiger partial charge in [0.05, 0.1) is 20.8 Å². The molecule has 0 radical (unpaired) electrons. The first kappa shape index (κ1) is 12.0. The molecule has 0 fully saturated rings. The van der Waals surface area contributed by atoms with E-state index in [-0.39, 0.29) is 12.4 Å². The largest absolute Gasteiger partial charge is 0.497 e. The van der Waals surface area contributed by atoms with E-state index in [1.165, 1.54) is 0 Å². The van der Waals surface area contributed by atoms with E-state index in [0.29, 0.717) is 5.75 Å².